The van der Waals surface area contributed by atoms with Crippen LogP contribution in [0.1, 0.15) is 19.4 Å². The van der Waals surface area contributed by atoms with Crippen LogP contribution in [0.5, 0.6) is 0 Å². The molecule has 0 spiro atoms. The van der Waals surface area contributed by atoms with Crippen molar-refractivity contribution in [3.05, 3.63) is 18.0 Å². The molecule has 0 aliphatic carbocycles. The molecule has 1 saturated heterocycles. The summed E-state index contributed by atoms with van der Waals surface area (Å²) in [6.45, 7) is 7.32. The highest BCUT2D eigenvalue weighted by atomic mass is 35.5. The Kier molecular flexibility index (Phi) is 3.71. The van der Waals surface area contributed by atoms with Crippen LogP contribution >= 0.6 is 11.6 Å². The smallest absolute Gasteiger partial charge is 0.316 e. The lowest BCUT2D eigenvalue weighted by molar-refractivity contribution is 0.162. The van der Waals surface area contributed by atoms with Crippen LogP contribution in [0.15, 0.2) is 12.4 Å². The van der Waals surface area contributed by atoms with Crippen molar-refractivity contribution < 1.29 is 4.79 Å². The van der Waals surface area contributed by atoms with E-state index < -0.39 is 0 Å². The highest BCUT2D eigenvalue weighted by molar-refractivity contribution is 6.62. The van der Waals surface area contributed by atoms with Crippen LogP contribution in [0.2, 0.25) is 0 Å². The van der Waals surface area contributed by atoms with Crippen molar-refractivity contribution in [1.29, 1.82) is 0 Å². The SMILES string of the molecule is Cc1cnc(N2C[C@@H](C)N(C(=O)Cl)[C@@H](C)C2)nc1. The number of halogens is 1. The van der Waals surface area contributed by atoms with Gasteiger partial charge in [-0.1, -0.05) is 0 Å². The first-order chi connectivity index (χ1) is 8.49. The summed E-state index contributed by atoms with van der Waals surface area (Å²) in [6, 6.07) is 0.118. The number of anilines is 1. The van der Waals surface area contributed by atoms with Crippen LogP contribution in [0.3, 0.4) is 0 Å². The highest BCUT2D eigenvalue weighted by Crippen LogP contribution is 2.20. The third-order valence-electron chi connectivity index (χ3n) is 3.17. The number of rotatable bonds is 1. The van der Waals surface area contributed by atoms with Crippen molar-refractivity contribution in [1.82, 2.24) is 14.9 Å². The van der Waals surface area contributed by atoms with Crippen LogP contribution in [-0.2, 0) is 0 Å². The van der Waals surface area contributed by atoms with E-state index in [1.54, 1.807) is 17.3 Å². The highest BCUT2D eigenvalue weighted by Gasteiger charge is 2.32. The molecule has 1 amide bonds. The van der Waals surface area contributed by atoms with Crippen LogP contribution in [0, 0.1) is 6.92 Å². The molecule has 1 aromatic rings. The number of nitrogens with zero attached hydrogens (tertiary/aromatic N) is 4. The van der Waals surface area contributed by atoms with E-state index in [0.29, 0.717) is 19.0 Å². The van der Waals surface area contributed by atoms with E-state index in [0.717, 1.165) is 5.56 Å². The average molecular weight is 269 g/mol. The van der Waals surface area contributed by atoms with Gasteiger partial charge >= 0.3 is 5.37 Å². The molecular formula is C12H17ClN4O. The molecule has 0 saturated carbocycles. The summed E-state index contributed by atoms with van der Waals surface area (Å²) in [5.41, 5.74) is 1.04. The predicted octanol–water partition coefficient (Wildman–Crippen LogP) is 2.04. The number of amides is 1. The molecule has 2 heterocycles. The Morgan fingerprint density at radius 3 is 2.22 bits per heavy atom. The maximum atomic E-state index is 11.3. The van der Waals surface area contributed by atoms with Gasteiger partial charge < -0.3 is 9.80 Å². The van der Waals surface area contributed by atoms with Crippen molar-refractivity contribution in [2.45, 2.75) is 32.9 Å². The molecule has 0 aromatic carbocycles. The fraction of sp³-hybridized carbons (Fsp3) is 0.583. The maximum Gasteiger partial charge on any atom is 0.316 e. The molecule has 0 N–H and O–H groups in total. The molecular weight excluding hydrogens is 252 g/mol. The van der Waals surface area contributed by atoms with Gasteiger partial charge in [0.25, 0.3) is 0 Å². The van der Waals surface area contributed by atoms with Gasteiger partial charge in [0.2, 0.25) is 5.95 Å². The summed E-state index contributed by atoms with van der Waals surface area (Å²) in [5.74, 6) is 0.709. The monoisotopic (exact) mass is 268 g/mol. The molecule has 1 aromatic heterocycles. The van der Waals surface area contributed by atoms with Crippen molar-refractivity contribution in [3.63, 3.8) is 0 Å². The Morgan fingerprint density at radius 1 is 1.28 bits per heavy atom. The van der Waals surface area contributed by atoms with Gasteiger partial charge in [0.05, 0.1) is 0 Å². The summed E-state index contributed by atoms with van der Waals surface area (Å²) >= 11 is 5.60. The largest absolute Gasteiger partial charge is 0.337 e. The van der Waals surface area contributed by atoms with Crippen LogP contribution in [0.4, 0.5) is 10.7 Å². The topological polar surface area (TPSA) is 49.3 Å². The van der Waals surface area contributed by atoms with Gasteiger partial charge in [-0.25, -0.2) is 9.97 Å². The van der Waals surface area contributed by atoms with Crippen LogP contribution < -0.4 is 4.90 Å². The maximum absolute atomic E-state index is 11.3. The molecule has 2 rings (SSSR count). The molecule has 2 atom stereocenters. The Labute approximate surface area is 112 Å². The van der Waals surface area contributed by atoms with Gasteiger partial charge in [0.15, 0.2) is 0 Å². The number of hydrogen-bond acceptors (Lipinski definition) is 4. The number of carbonyl (C=O) groups is 1. The van der Waals surface area contributed by atoms with E-state index in [4.69, 9.17) is 11.6 Å². The van der Waals surface area contributed by atoms with Crippen molar-refractivity contribution >= 4 is 22.9 Å². The van der Waals surface area contributed by atoms with Crippen LogP contribution in [-0.4, -0.2) is 45.4 Å². The zero-order valence-electron chi connectivity index (χ0n) is 10.8. The third kappa shape index (κ3) is 2.56. The molecule has 98 valence electrons. The number of carbonyl (C=O) groups excluding carboxylic acids is 1. The average Bonchev–Trinajstić information content (AvgIpc) is 2.28. The molecule has 1 fully saturated rings. The van der Waals surface area contributed by atoms with E-state index in [9.17, 15) is 4.79 Å². The van der Waals surface area contributed by atoms with Gasteiger partial charge in [-0.3, -0.25) is 4.79 Å². The predicted molar refractivity (Wildman–Crippen MR) is 71.0 cm³/mol. The number of aryl methyl sites for hydroxylation is 1. The lowest BCUT2D eigenvalue weighted by atomic mass is 10.1. The van der Waals surface area contributed by atoms with E-state index in [-0.39, 0.29) is 17.5 Å². The summed E-state index contributed by atoms with van der Waals surface area (Å²) in [7, 11) is 0. The second kappa shape index (κ2) is 5.10. The van der Waals surface area contributed by atoms with Crippen molar-refractivity contribution in [2.24, 2.45) is 0 Å². The first-order valence-electron chi connectivity index (χ1n) is 6.00. The summed E-state index contributed by atoms with van der Waals surface area (Å²) < 4.78 is 0. The van der Waals surface area contributed by atoms with Gasteiger partial charge in [-0.15, -0.1) is 0 Å². The lowest BCUT2D eigenvalue weighted by Crippen LogP contribution is -2.57. The van der Waals surface area contributed by atoms with Gasteiger partial charge in [0.1, 0.15) is 0 Å². The third-order valence-corrected chi connectivity index (χ3v) is 3.37. The standard InChI is InChI=1S/C12H17ClN4O/c1-8-4-14-12(15-5-8)16-6-9(2)17(11(13)18)10(3)7-16/h4-5,9-10H,6-7H2,1-3H3/t9-,10+. The summed E-state index contributed by atoms with van der Waals surface area (Å²) in [4.78, 5) is 23.8. The second-order valence-electron chi connectivity index (χ2n) is 4.82. The van der Waals surface area contributed by atoms with Crippen molar-refractivity contribution in [3.8, 4) is 0 Å². The number of aromatic nitrogens is 2. The molecule has 0 bridgehead atoms. The van der Waals surface area contributed by atoms with Gasteiger partial charge in [0, 0.05) is 37.6 Å². The first kappa shape index (κ1) is 13.1. The first-order valence-corrected chi connectivity index (χ1v) is 6.38. The normalized spacial score (nSPS) is 24.2. The fourth-order valence-corrected chi connectivity index (χ4v) is 2.71. The molecule has 6 heteroatoms. The lowest BCUT2D eigenvalue weighted by Gasteiger charge is -2.43. The molecule has 0 unspecified atom stereocenters. The molecule has 1 aliphatic heterocycles. The molecule has 5 nitrogen and oxygen atoms in total. The molecule has 18 heavy (non-hydrogen) atoms. The second-order valence-corrected chi connectivity index (χ2v) is 5.15. The van der Waals surface area contributed by atoms with E-state index in [2.05, 4.69) is 14.9 Å². The van der Waals surface area contributed by atoms with Crippen LogP contribution in [0.25, 0.3) is 0 Å². The zero-order valence-corrected chi connectivity index (χ0v) is 11.6. The Balaban J connectivity index is 2.15. The molecule has 0 radical (unpaired) electrons. The fourth-order valence-electron chi connectivity index (χ4n) is 2.38. The number of piperazine rings is 1. The minimum absolute atomic E-state index is 0.0589. The van der Waals surface area contributed by atoms with Gasteiger partial charge in [-0.2, -0.15) is 0 Å². The van der Waals surface area contributed by atoms with Gasteiger partial charge in [-0.05, 0) is 37.9 Å². The van der Waals surface area contributed by atoms with Crippen molar-refractivity contribution in [2.75, 3.05) is 18.0 Å². The minimum Gasteiger partial charge on any atom is -0.337 e. The van der Waals surface area contributed by atoms with E-state index in [1.165, 1.54) is 0 Å². The minimum atomic E-state index is -0.389. The Hall–Kier alpha value is -1.36. The number of hydrogen-bond donors (Lipinski definition) is 0. The van der Waals surface area contributed by atoms with E-state index in [1.807, 2.05) is 20.8 Å². The summed E-state index contributed by atoms with van der Waals surface area (Å²) in [5, 5.41) is -0.389. The van der Waals surface area contributed by atoms with E-state index >= 15 is 0 Å². The zero-order chi connectivity index (χ0) is 13.3. The molecule has 1 aliphatic rings. The quantitative estimate of drug-likeness (QED) is 0.578. The Bertz CT molecular complexity index is 424. The Morgan fingerprint density at radius 2 is 1.78 bits per heavy atom. The summed E-state index contributed by atoms with van der Waals surface area (Å²) in [6.07, 6.45) is 3.60.